The summed E-state index contributed by atoms with van der Waals surface area (Å²) in [6.07, 6.45) is -4.81. The van der Waals surface area contributed by atoms with Gasteiger partial charge in [-0.1, -0.05) is 47.1 Å². The average Bonchev–Trinajstić information content (AvgIpc) is 3.20. The molecule has 1 aliphatic heterocycles. The van der Waals surface area contributed by atoms with Crippen LogP contribution in [0.3, 0.4) is 0 Å². The molecule has 6 nitrogen and oxygen atoms in total. The fraction of sp³-hybridized carbons (Fsp3) is 0.348. The summed E-state index contributed by atoms with van der Waals surface area (Å²) in [6, 6.07) is 10.3. The van der Waals surface area contributed by atoms with Gasteiger partial charge in [0.2, 0.25) is 5.91 Å². The number of morpholine rings is 1. The zero-order chi connectivity index (χ0) is 25.3. The Kier molecular flexibility index (Phi) is 7.65. The van der Waals surface area contributed by atoms with E-state index in [0.29, 0.717) is 23.7 Å². The maximum atomic E-state index is 13.6. The fourth-order valence-electron chi connectivity index (χ4n) is 3.88. The van der Waals surface area contributed by atoms with Gasteiger partial charge < -0.3 is 9.64 Å². The molecular formula is C23H21Cl2F3N4O2S. The summed E-state index contributed by atoms with van der Waals surface area (Å²) in [5.41, 5.74) is -0.265. The van der Waals surface area contributed by atoms with E-state index in [1.165, 1.54) is 16.7 Å². The Morgan fingerprint density at radius 3 is 2.49 bits per heavy atom. The summed E-state index contributed by atoms with van der Waals surface area (Å²) in [6.45, 7) is 4.73. The smallest absolute Gasteiger partial charge is 0.372 e. The van der Waals surface area contributed by atoms with Gasteiger partial charge in [-0.2, -0.15) is 13.2 Å². The van der Waals surface area contributed by atoms with E-state index in [4.69, 9.17) is 27.9 Å². The van der Waals surface area contributed by atoms with Gasteiger partial charge >= 0.3 is 6.18 Å². The molecule has 4 rings (SSSR count). The van der Waals surface area contributed by atoms with Gasteiger partial charge in [0.15, 0.2) is 11.0 Å². The number of nitrogens with zero attached hydrogens (tertiary/aromatic N) is 4. The molecule has 0 bridgehead atoms. The molecule has 0 radical (unpaired) electrons. The molecule has 35 heavy (non-hydrogen) atoms. The summed E-state index contributed by atoms with van der Waals surface area (Å²) < 4.78 is 47.8. The number of halogens is 5. The number of hydrogen-bond acceptors (Lipinski definition) is 5. The summed E-state index contributed by atoms with van der Waals surface area (Å²) in [5, 5.41) is 8.67. The number of carbonyl (C=O) groups is 1. The molecule has 1 saturated heterocycles. The summed E-state index contributed by atoms with van der Waals surface area (Å²) >= 11 is 13.1. The first-order valence-electron chi connectivity index (χ1n) is 10.7. The standard InChI is InChI=1S/C23H21Cl2F3N4O2S/c1-13-10-31(11-14(2)34-13)20(33)12-35-22-30-29-21(15-4-3-5-16(24)8-15)32(22)17-6-7-19(25)18(9-17)23(26,27)28/h3-9,13-14H,10-12H2,1-2H3. The lowest BCUT2D eigenvalue weighted by Gasteiger charge is -2.35. The minimum Gasteiger partial charge on any atom is -0.372 e. The summed E-state index contributed by atoms with van der Waals surface area (Å²) in [5.74, 6) is 0.196. The molecule has 2 unspecified atom stereocenters. The zero-order valence-corrected chi connectivity index (χ0v) is 21.0. The number of rotatable bonds is 5. The Hall–Kier alpha value is -2.27. The van der Waals surface area contributed by atoms with Crippen molar-refractivity contribution in [2.24, 2.45) is 0 Å². The molecule has 0 spiro atoms. The van der Waals surface area contributed by atoms with Crippen LogP contribution in [-0.2, 0) is 15.7 Å². The van der Waals surface area contributed by atoms with Crippen molar-refractivity contribution in [2.45, 2.75) is 37.4 Å². The SMILES string of the molecule is CC1CN(C(=O)CSc2nnc(-c3cccc(Cl)c3)n2-c2ccc(Cl)c(C(F)(F)F)c2)CC(C)O1. The van der Waals surface area contributed by atoms with Crippen molar-refractivity contribution in [3.05, 3.63) is 58.1 Å². The highest BCUT2D eigenvalue weighted by Gasteiger charge is 2.34. The number of ether oxygens (including phenoxy) is 1. The van der Waals surface area contributed by atoms with E-state index >= 15 is 0 Å². The van der Waals surface area contributed by atoms with Crippen LogP contribution < -0.4 is 0 Å². The predicted octanol–water partition coefficient (Wildman–Crippen LogP) is 5.99. The van der Waals surface area contributed by atoms with Crippen LogP contribution >= 0.6 is 35.0 Å². The van der Waals surface area contributed by atoms with Crippen molar-refractivity contribution < 1.29 is 22.7 Å². The molecule has 0 saturated carbocycles. The Bertz CT molecular complexity index is 1230. The quantitative estimate of drug-likeness (QED) is 0.369. The van der Waals surface area contributed by atoms with Crippen molar-refractivity contribution in [3.8, 4) is 17.1 Å². The van der Waals surface area contributed by atoms with E-state index in [1.54, 1.807) is 29.2 Å². The molecule has 1 aliphatic rings. The number of hydrogen-bond donors (Lipinski definition) is 0. The second-order valence-corrected chi connectivity index (χ2v) is 9.94. The van der Waals surface area contributed by atoms with Gasteiger partial charge in [0.1, 0.15) is 0 Å². The lowest BCUT2D eigenvalue weighted by molar-refractivity contribution is -0.140. The Morgan fingerprint density at radius 2 is 1.83 bits per heavy atom. The van der Waals surface area contributed by atoms with Crippen molar-refractivity contribution in [2.75, 3.05) is 18.8 Å². The van der Waals surface area contributed by atoms with E-state index in [-0.39, 0.29) is 40.5 Å². The second kappa shape index (κ2) is 10.4. The van der Waals surface area contributed by atoms with Crippen LogP contribution in [0.5, 0.6) is 0 Å². The van der Waals surface area contributed by atoms with Gasteiger partial charge in [-0.25, -0.2) is 0 Å². The Morgan fingerprint density at radius 1 is 1.11 bits per heavy atom. The van der Waals surface area contributed by atoms with Gasteiger partial charge in [-0.15, -0.1) is 10.2 Å². The lowest BCUT2D eigenvalue weighted by Crippen LogP contribution is -2.48. The van der Waals surface area contributed by atoms with Crippen LogP contribution in [0.25, 0.3) is 17.1 Å². The third-order valence-corrected chi connectivity index (χ3v) is 6.81. The van der Waals surface area contributed by atoms with Gasteiger partial charge in [0.05, 0.1) is 34.2 Å². The topological polar surface area (TPSA) is 60.2 Å². The van der Waals surface area contributed by atoms with Gasteiger partial charge in [-0.05, 0) is 44.2 Å². The first-order valence-corrected chi connectivity index (χ1v) is 12.4. The number of benzene rings is 2. The van der Waals surface area contributed by atoms with Gasteiger partial charge in [0, 0.05) is 23.7 Å². The molecule has 1 amide bonds. The Labute approximate surface area is 214 Å². The van der Waals surface area contributed by atoms with Crippen molar-refractivity contribution in [1.82, 2.24) is 19.7 Å². The Balaban J connectivity index is 1.70. The summed E-state index contributed by atoms with van der Waals surface area (Å²) in [7, 11) is 0. The maximum absolute atomic E-state index is 13.6. The van der Waals surface area contributed by atoms with Crippen molar-refractivity contribution in [1.29, 1.82) is 0 Å². The lowest BCUT2D eigenvalue weighted by atomic mass is 10.1. The predicted molar refractivity (Wildman–Crippen MR) is 129 cm³/mol. The monoisotopic (exact) mass is 544 g/mol. The van der Waals surface area contributed by atoms with E-state index in [0.717, 1.165) is 17.8 Å². The van der Waals surface area contributed by atoms with Crippen LogP contribution in [0.1, 0.15) is 19.4 Å². The minimum absolute atomic E-state index is 0.0346. The highest BCUT2D eigenvalue weighted by Crippen LogP contribution is 2.37. The zero-order valence-electron chi connectivity index (χ0n) is 18.7. The molecule has 1 aromatic heterocycles. The molecule has 2 heterocycles. The van der Waals surface area contributed by atoms with Crippen LogP contribution in [0.4, 0.5) is 13.2 Å². The highest BCUT2D eigenvalue weighted by molar-refractivity contribution is 7.99. The van der Waals surface area contributed by atoms with E-state index in [9.17, 15) is 18.0 Å². The molecule has 2 aromatic carbocycles. The van der Waals surface area contributed by atoms with E-state index < -0.39 is 16.8 Å². The number of carbonyl (C=O) groups excluding carboxylic acids is 1. The largest absolute Gasteiger partial charge is 0.417 e. The molecule has 12 heteroatoms. The molecule has 3 aromatic rings. The van der Waals surface area contributed by atoms with Gasteiger partial charge in [-0.3, -0.25) is 9.36 Å². The second-order valence-electron chi connectivity index (χ2n) is 8.16. The molecule has 0 N–H and O–H groups in total. The normalized spacial score (nSPS) is 18.7. The summed E-state index contributed by atoms with van der Waals surface area (Å²) in [4.78, 5) is 14.6. The number of amides is 1. The molecule has 186 valence electrons. The van der Waals surface area contributed by atoms with Crippen LogP contribution in [0, 0.1) is 0 Å². The van der Waals surface area contributed by atoms with Crippen LogP contribution in [-0.4, -0.2) is 56.6 Å². The first kappa shape index (κ1) is 25.8. The van der Waals surface area contributed by atoms with Gasteiger partial charge in [0.25, 0.3) is 0 Å². The van der Waals surface area contributed by atoms with Crippen molar-refractivity contribution >= 4 is 40.9 Å². The minimum atomic E-state index is -4.65. The molecule has 0 aliphatic carbocycles. The van der Waals surface area contributed by atoms with E-state index in [1.807, 2.05) is 13.8 Å². The maximum Gasteiger partial charge on any atom is 0.417 e. The third kappa shape index (κ3) is 5.94. The fourth-order valence-corrected chi connectivity index (χ4v) is 5.15. The van der Waals surface area contributed by atoms with E-state index in [2.05, 4.69) is 10.2 Å². The number of thioether (sulfide) groups is 1. The molecule has 2 atom stereocenters. The van der Waals surface area contributed by atoms with Crippen LogP contribution in [0.15, 0.2) is 47.6 Å². The number of aromatic nitrogens is 3. The molecule has 1 fully saturated rings. The van der Waals surface area contributed by atoms with Crippen LogP contribution in [0.2, 0.25) is 10.0 Å². The average molecular weight is 545 g/mol. The highest BCUT2D eigenvalue weighted by atomic mass is 35.5. The van der Waals surface area contributed by atoms with Crippen molar-refractivity contribution in [3.63, 3.8) is 0 Å². The molecular weight excluding hydrogens is 524 g/mol. The first-order chi connectivity index (χ1) is 16.5. The number of alkyl halides is 3. The third-order valence-electron chi connectivity index (χ3n) is 5.33.